The van der Waals surface area contributed by atoms with E-state index in [1.54, 1.807) is 48.6 Å². The Kier molecular flexibility index (Phi) is 15.8. The molecule has 0 aliphatic heterocycles. The number of halogens is 6. The Morgan fingerprint density at radius 3 is 0.900 bits per heavy atom. The van der Waals surface area contributed by atoms with Crippen molar-refractivity contribution in [2.24, 2.45) is 0 Å². The summed E-state index contributed by atoms with van der Waals surface area (Å²) in [6.07, 6.45) is 3.53. The van der Waals surface area contributed by atoms with E-state index in [0.717, 1.165) is 101 Å². The first kappa shape index (κ1) is 62.2. The number of benzene rings is 14. The molecule has 16 rings (SSSR count). The van der Waals surface area contributed by atoms with Crippen LogP contribution in [0.5, 0.6) is 23.0 Å². The Morgan fingerprint density at radius 2 is 0.560 bits per heavy atom. The molecule has 0 heterocycles. The van der Waals surface area contributed by atoms with Gasteiger partial charge in [0.25, 0.3) is 0 Å². The summed E-state index contributed by atoms with van der Waals surface area (Å²) in [7, 11) is 0. The number of nitrogens with zero attached hydrogens (tertiary/aromatic N) is 2. The van der Waals surface area contributed by atoms with Crippen LogP contribution in [0.4, 0.5) is 60.5 Å². The highest BCUT2D eigenvalue weighted by molar-refractivity contribution is 5.92. The summed E-state index contributed by atoms with van der Waals surface area (Å²) in [5.41, 5.74) is 15.3. The van der Waals surface area contributed by atoms with Crippen molar-refractivity contribution in [3.8, 4) is 56.4 Å². The third kappa shape index (κ3) is 10.8. The minimum Gasteiger partial charge on any atom is -0.457 e. The first-order chi connectivity index (χ1) is 48.9. The molecule has 100 heavy (non-hydrogen) atoms. The fraction of sp³-hybridized carbons (Fsp3) is 0.0222. The largest absolute Gasteiger partial charge is 0.457 e. The van der Waals surface area contributed by atoms with Crippen molar-refractivity contribution in [3.05, 3.63) is 419 Å². The third-order valence-electron chi connectivity index (χ3n) is 19.3. The lowest BCUT2D eigenvalue weighted by atomic mass is 9.67. The molecule has 4 nitrogen and oxygen atoms in total. The zero-order valence-electron chi connectivity index (χ0n) is 53.6. The molecule has 0 spiro atoms. The van der Waals surface area contributed by atoms with Crippen molar-refractivity contribution in [1.82, 2.24) is 0 Å². The zero-order valence-corrected chi connectivity index (χ0v) is 53.6. The van der Waals surface area contributed by atoms with Crippen LogP contribution in [0.25, 0.3) is 45.5 Å². The molecule has 0 saturated heterocycles. The molecule has 2 unspecified atom stereocenters. The smallest absolute Gasteiger partial charge is 0.159 e. The van der Waals surface area contributed by atoms with E-state index in [0.29, 0.717) is 45.5 Å². The average Bonchev–Trinajstić information content (AvgIpc) is 1.53. The van der Waals surface area contributed by atoms with Gasteiger partial charge in [0, 0.05) is 34.1 Å². The van der Waals surface area contributed by atoms with Gasteiger partial charge in [-0.3, -0.25) is 0 Å². The van der Waals surface area contributed by atoms with Crippen LogP contribution in [-0.2, 0) is 10.8 Å². The number of ether oxygens (including phenoxy) is 2. The lowest BCUT2D eigenvalue weighted by Crippen LogP contribution is -2.29. The molecule has 14 aromatic carbocycles. The molecular formula is C90H58F6N2O2. The second-order valence-electron chi connectivity index (χ2n) is 24.8. The molecule has 0 radical (unpaired) electrons. The van der Waals surface area contributed by atoms with E-state index in [1.807, 2.05) is 216 Å². The van der Waals surface area contributed by atoms with Crippen molar-refractivity contribution >= 4 is 46.3 Å². The minimum atomic E-state index is -1.16. The number of hydrogen-bond acceptors (Lipinski definition) is 4. The summed E-state index contributed by atoms with van der Waals surface area (Å²) in [6, 6.07) is 95.9. The van der Waals surface area contributed by atoms with E-state index >= 15 is 17.6 Å². The van der Waals surface area contributed by atoms with E-state index in [4.69, 9.17) is 9.47 Å². The van der Waals surface area contributed by atoms with E-state index in [9.17, 15) is 8.78 Å². The molecule has 14 aromatic rings. The molecule has 0 aromatic heterocycles. The van der Waals surface area contributed by atoms with Crippen LogP contribution in [0.1, 0.15) is 55.6 Å². The summed E-state index contributed by atoms with van der Waals surface area (Å²) in [6.45, 7) is 7.72. The molecule has 2 aliphatic rings. The topological polar surface area (TPSA) is 24.9 Å². The van der Waals surface area contributed by atoms with Gasteiger partial charge in [0.05, 0.1) is 10.8 Å². The molecular weight excluding hydrogens is 1250 g/mol. The summed E-state index contributed by atoms with van der Waals surface area (Å²) in [5.74, 6) is -2.26. The summed E-state index contributed by atoms with van der Waals surface area (Å²) in [5, 5.41) is 0. The normalized spacial score (nSPS) is 14.7. The van der Waals surface area contributed by atoms with Gasteiger partial charge in [0.1, 0.15) is 34.6 Å². The maximum atomic E-state index is 15.9. The Bertz CT molecular complexity index is 5110. The van der Waals surface area contributed by atoms with Gasteiger partial charge in [0.2, 0.25) is 0 Å². The molecule has 2 atom stereocenters. The molecule has 0 amide bonds. The Morgan fingerprint density at radius 1 is 0.260 bits per heavy atom. The quantitative estimate of drug-likeness (QED) is 0.0849. The first-order valence-electron chi connectivity index (χ1n) is 32.6. The molecule has 2 aliphatic carbocycles. The molecule has 482 valence electrons. The average molecular weight is 1310 g/mol. The molecule has 0 saturated carbocycles. The maximum Gasteiger partial charge on any atom is 0.159 e. The molecule has 0 N–H and O–H groups in total. The summed E-state index contributed by atoms with van der Waals surface area (Å²) >= 11 is 0. The van der Waals surface area contributed by atoms with Gasteiger partial charge in [-0.1, -0.05) is 171 Å². The van der Waals surface area contributed by atoms with Crippen molar-refractivity contribution in [3.63, 3.8) is 0 Å². The van der Waals surface area contributed by atoms with E-state index < -0.39 is 45.7 Å². The minimum absolute atomic E-state index is 0.403. The highest BCUT2D eigenvalue weighted by atomic mass is 19.2. The molecule has 0 bridgehead atoms. The van der Waals surface area contributed by atoms with E-state index in [-0.39, 0.29) is 0 Å². The highest BCUT2D eigenvalue weighted by Crippen LogP contribution is 2.60. The number of fused-ring (bicyclic) bond motifs is 6. The molecule has 0 fully saturated rings. The molecule has 10 heteroatoms. The maximum absolute atomic E-state index is 15.9. The van der Waals surface area contributed by atoms with Crippen molar-refractivity contribution in [2.45, 2.75) is 10.8 Å². The lowest BCUT2D eigenvalue weighted by Gasteiger charge is -2.35. The number of hydrogen-bond donors (Lipinski definition) is 0. The van der Waals surface area contributed by atoms with Crippen molar-refractivity contribution < 1.29 is 35.8 Å². The fourth-order valence-corrected chi connectivity index (χ4v) is 14.7. The second kappa shape index (κ2) is 25.4. The number of anilines is 6. The van der Waals surface area contributed by atoms with Crippen LogP contribution in [-0.4, -0.2) is 0 Å². The standard InChI is InChI=1S/C90H58F6N2O2/c1-3-57-13-41-73(42-14-57)99-75-45-21-61(22-46-75)89(63-25-51-85(93)87(95)53-63)81-11-7-5-9-77(81)79-49-39-71(55-83(79)89)97(69-35-27-65(91)28-36-69)67-31-17-59(18-32-67)60-19-33-68(34-20-60)98(70-37-29-66(92)30-38-70)72-40-50-80-78-10-6-8-12-82(78)90(84(80)56-72,64-26-52-86(94)88(96)54-64)62-23-47-76(48-24-62)100-74-43-15-58(4-2)16-44-74/h3-56H,1-2H2. The van der Waals surface area contributed by atoms with Gasteiger partial charge >= 0.3 is 0 Å². The van der Waals surface area contributed by atoms with Crippen LogP contribution in [0.3, 0.4) is 0 Å². The summed E-state index contributed by atoms with van der Waals surface area (Å²) in [4.78, 5) is 4.09. The monoisotopic (exact) mass is 1310 g/mol. The van der Waals surface area contributed by atoms with Crippen LogP contribution in [0.2, 0.25) is 0 Å². The van der Waals surface area contributed by atoms with Gasteiger partial charge in [-0.05, 0) is 259 Å². The van der Waals surface area contributed by atoms with Crippen LogP contribution >= 0.6 is 0 Å². The summed E-state index contributed by atoms with van der Waals surface area (Å²) < 4.78 is 105. The SMILES string of the molecule is C=Cc1ccc(Oc2ccc(C3(c4ccc(F)c(F)c4)c4ccccc4-c4ccc(N(c5ccc(F)cc5)c5ccc(-c6ccc(N(c7ccc(F)cc7)c7ccc8c(c7)C(c7ccc(Oc9ccc(C=C)cc9)cc7)(c7ccc(F)c(F)c7)c7ccccc7-8)cc6)cc5)cc43)cc2)cc1. The third-order valence-corrected chi connectivity index (χ3v) is 19.3. The lowest BCUT2D eigenvalue weighted by molar-refractivity contribution is 0.482. The van der Waals surface area contributed by atoms with Crippen LogP contribution < -0.4 is 19.3 Å². The Labute approximate surface area is 575 Å². The van der Waals surface area contributed by atoms with Gasteiger partial charge in [0.15, 0.2) is 23.3 Å². The van der Waals surface area contributed by atoms with Crippen LogP contribution in [0.15, 0.2) is 329 Å². The fourth-order valence-electron chi connectivity index (χ4n) is 14.7. The van der Waals surface area contributed by atoms with E-state index in [1.165, 1.54) is 48.5 Å². The predicted molar refractivity (Wildman–Crippen MR) is 389 cm³/mol. The van der Waals surface area contributed by atoms with Crippen LogP contribution in [0, 0.1) is 34.9 Å². The highest BCUT2D eigenvalue weighted by Gasteiger charge is 2.49. The van der Waals surface area contributed by atoms with E-state index in [2.05, 4.69) is 37.4 Å². The first-order valence-corrected chi connectivity index (χ1v) is 32.6. The van der Waals surface area contributed by atoms with Gasteiger partial charge in [-0.25, -0.2) is 26.3 Å². The Hall–Kier alpha value is -12.7. The van der Waals surface area contributed by atoms with Crippen molar-refractivity contribution in [1.29, 1.82) is 0 Å². The Balaban J connectivity index is 0.770. The predicted octanol–water partition coefficient (Wildman–Crippen LogP) is 24.7. The van der Waals surface area contributed by atoms with Gasteiger partial charge in [-0.2, -0.15) is 0 Å². The second-order valence-corrected chi connectivity index (χ2v) is 24.8. The zero-order chi connectivity index (χ0) is 68.2. The van der Waals surface area contributed by atoms with Crippen molar-refractivity contribution in [2.75, 3.05) is 9.80 Å². The van der Waals surface area contributed by atoms with Gasteiger partial charge in [-0.15, -0.1) is 0 Å². The number of rotatable bonds is 17. The van der Waals surface area contributed by atoms with Gasteiger partial charge < -0.3 is 19.3 Å².